The summed E-state index contributed by atoms with van der Waals surface area (Å²) < 4.78 is 0. The van der Waals surface area contributed by atoms with Gasteiger partial charge in [-0.25, -0.2) is 0 Å². The highest BCUT2D eigenvalue weighted by atomic mass is 35.5. The predicted octanol–water partition coefficient (Wildman–Crippen LogP) is 4.60. The number of aliphatic hydroxyl groups is 1. The second-order valence-corrected chi connectivity index (χ2v) is 9.93. The summed E-state index contributed by atoms with van der Waals surface area (Å²) in [5, 5.41) is 22.1. The molecular weight excluding hydrogens is 448 g/mol. The molecule has 4 rings (SSSR count). The van der Waals surface area contributed by atoms with Crippen LogP contribution in [0.3, 0.4) is 0 Å². The summed E-state index contributed by atoms with van der Waals surface area (Å²) in [6.07, 6.45) is 5.86. The number of hydrogen-bond donors (Lipinski definition) is 2. The van der Waals surface area contributed by atoms with E-state index < -0.39 is 0 Å². The molecule has 1 aliphatic carbocycles. The first-order valence-corrected chi connectivity index (χ1v) is 12.6. The maximum Gasteiger partial charge on any atom is 0.251 e. The molecule has 2 aromatic rings. The van der Waals surface area contributed by atoms with Crippen molar-refractivity contribution >= 4 is 28.9 Å². The Morgan fingerprint density at radius 2 is 1.79 bits per heavy atom. The first-order valence-electron chi connectivity index (χ1n) is 12.2. The van der Waals surface area contributed by atoms with Crippen LogP contribution in [-0.2, 0) is 0 Å². The zero-order chi connectivity index (χ0) is 24.1. The van der Waals surface area contributed by atoms with Gasteiger partial charge in [-0.2, -0.15) is 5.26 Å². The fourth-order valence-corrected chi connectivity index (χ4v) is 5.32. The minimum Gasteiger partial charge on any atom is -0.396 e. The summed E-state index contributed by atoms with van der Waals surface area (Å²) in [5.41, 5.74) is 3.33. The monoisotopic (exact) mass is 480 g/mol. The minimum absolute atomic E-state index is 0.0128. The summed E-state index contributed by atoms with van der Waals surface area (Å²) >= 11 is 6.21. The first-order chi connectivity index (χ1) is 16.5. The minimum atomic E-state index is -0.0128. The number of halogens is 1. The van der Waals surface area contributed by atoms with Gasteiger partial charge in [0.25, 0.3) is 5.91 Å². The van der Waals surface area contributed by atoms with Crippen molar-refractivity contribution in [3.63, 3.8) is 0 Å². The van der Waals surface area contributed by atoms with Gasteiger partial charge in [-0.3, -0.25) is 4.79 Å². The van der Waals surface area contributed by atoms with Crippen LogP contribution in [0, 0.1) is 17.2 Å². The maximum absolute atomic E-state index is 12.8. The molecule has 1 amide bonds. The zero-order valence-corrected chi connectivity index (χ0v) is 20.5. The van der Waals surface area contributed by atoms with Gasteiger partial charge in [-0.05, 0) is 86.9 Å². The predicted molar refractivity (Wildman–Crippen MR) is 137 cm³/mol. The smallest absolute Gasteiger partial charge is 0.251 e. The number of anilines is 2. The van der Waals surface area contributed by atoms with Gasteiger partial charge in [-0.1, -0.05) is 11.6 Å². The number of amides is 1. The molecule has 2 aromatic carbocycles. The van der Waals surface area contributed by atoms with Gasteiger partial charge in [0.1, 0.15) is 6.07 Å². The van der Waals surface area contributed by atoms with E-state index in [1.54, 1.807) is 6.07 Å². The summed E-state index contributed by atoms with van der Waals surface area (Å²) in [6, 6.07) is 16.1. The van der Waals surface area contributed by atoms with Gasteiger partial charge in [0.15, 0.2) is 0 Å². The van der Waals surface area contributed by atoms with Crippen LogP contribution in [-0.4, -0.2) is 49.8 Å². The molecule has 1 saturated heterocycles. The van der Waals surface area contributed by atoms with Crippen LogP contribution in [0.5, 0.6) is 0 Å². The number of nitriles is 1. The largest absolute Gasteiger partial charge is 0.396 e. The highest BCUT2D eigenvalue weighted by Gasteiger charge is 2.26. The third-order valence-corrected chi connectivity index (χ3v) is 7.74. The van der Waals surface area contributed by atoms with E-state index in [-0.39, 0.29) is 18.6 Å². The van der Waals surface area contributed by atoms with Crippen LogP contribution < -0.4 is 15.1 Å². The van der Waals surface area contributed by atoms with Crippen molar-refractivity contribution in [2.75, 3.05) is 36.5 Å². The van der Waals surface area contributed by atoms with Gasteiger partial charge < -0.3 is 20.2 Å². The fourth-order valence-electron chi connectivity index (χ4n) is 5.10. The number of carbonyl (C=O) groups is 1. The number of nitrogens with zero attached hydrogens (tertiary/aromatic N) is 3. The fraction of sp³-hybridized carbons (Fsp3) is 0.481. The molecule has 0 spiro atoms. The first kappa shape index (κ1) is 24.4. The number of rotatable bonds is 6. The number of hydrogen-bond acceptors (Lipinski definition) is 5. The van der Waals surface area contributed by atoms with E-state index in [4.69, 9.17) is 16.9 Å². The van der Waals surface area contributed by atoms with Crippen LogP contribution in [0.25, 0.3) is 0 Å². The topological polar surface area (TPSA) is 79.6 Å². The van der Waals surface area contributed by atoms with E-state index in [1.807, 2.05) is 36.4 Å². The lowest BCUT2D eigenvalue weighted by Crippen LogP contribution is -2.43. The summed E-state index contributed by atoms with van der Waals surface area (Å²) in [5.74, 6) is 0.402. The van der Waals surface area contributed by atoms with Gasteiger partial charge in [0, 0.05) is 55.8 Å². The van der Waals surface area contributed by atoms with Crippen molar-refractivity contribution in [3.8, 4) is 6.07 Å². The molecule has 0 bridgehead atoms. The lowest BCUT2D eigenvalue weighted by atomic mass is 9.90. The van der Waals surface area contributed by atoms with Crippen molar-refractivity contribution in [1.82, 2.24) is 5.32 Å². The van der Waals surface area contributed by atoms with Crippen molar-refractivity contribution in [1.29, 1.82) is 5.26 Å². The van der Waals surface area contributed by atoms with E-state index in [9.17, 15) is 9.90 Å². The highest BCUT2D eigenvalue weighted by Crippen LogP contribution is 2.29. The molecule has 2 aliphatic rings. The Labute approximate surface area is 207 Å². The summed E-state index contributed by atoms with van der Waals surface area (Å²) in [6.45, 7) is 2.17. The molecule has 0 aromatic heterocycles. The maximum atomic E-state index is 12.8. The Morgan fingerprint density at radius 3 is 2.38 bits per heavy atom. The van der Waals surface area contributed by atoms with Gasteiger partial charge in [0.05, 0.1) is 10.6 Å². The second-order valence-electron chi connectivity index (χ2n) is 9.53. The molecule has 1 aliphatic heterocycles. The van der Waals surface area contributed by atoms with Crippen LogP contribution in [0.1, 0.15) is 54.4 Å². The van der Waals surface area contributed by atoms with Crippen LogP contribution in [0.2, 0.25) is 5.02 Å². The molecule has 2 fully saturated rings. The van der Waals surface area contributed by atoms with Crippen molar-refractivity contribution < 1.29 is 9.90 Å². The molecule has 0 unspecified atom stereocenters. The molecule has 1 saturated carbocycles. The van der Waals surface area contributed by atoms with Crippen LogP contribution in [0.15, 0.2) is 42.5 Å². The molecule has 0 radical (unpaired) electrons. The van der Waals surface area contributed by atoms with E-state index >= 15 is 0 Å². The molecule has 1 heterocycles. The van der Waals surface area contributed by atoms with E-state index in [2.05, 4.69) is 28.2 Å². The van der Waals surface area contributed by atoms with Crippen molar-refractivity contribution in [2.45, 2.75) is 50.6 Å². The average Bonchev–Trinajstić information content (AvgIpc) is 2.89. The molecule has 34 heavy (non-hydrogen) atoms. The quantitative estimate of drug-likeness (QED) is 0.631. The number of aliphatic hydroxyl groups excluding tert-OH is 1. The summed E-state index contributed by atoms with van der Waals surface area (Å²) in [7, 11) is 2.06. The molecule has 2 N–H and O–H groups in total. The Bertz CT molecular complexity index is 1020. The Kier molecular flexibility index (Phi) is 7.97. The molecule has 6 nitrogen and oxygen atoms in total. The third-order valence-electron chi connectivity index (χ3n) is 7.43. The van der Waals surface area contributed by atoms with Gasteiger partial charge >= 0.3 is 0 Å². The molecular formula is C27H33ClN4O2. The second kappa shape index (κ2) is 11.1. The standard InChI is InChI=1S/C27H33ClN4O2/c1-31(25-9-4-21(17-29)26(28)16-25)23-10-5-22(6-11-23)30-27(34)20-2-7-24(8-3-20)32-14-12-19(18-33)13-15-32/h2-4,7-9,16,19,22-23,33H,5-6,10-15,18H2,1H3,(H,30,34)/t22-,23-. The van der Waals surface area contributed by atoms with Gasteiger partial charge in [-0.15, -0.1) is 0 Å². The van der Waals surface area contributed by atoms with Crippen molar-refractivity contribution in [3.05, 3.63) is 58.6 Å². The Balaban J connectivity index is 1.26. The zero-order valence-electron chi connectivity index (χ0n) is 19.7. The van der Waals surface area contributed by atoms with Crippen molar-refractivity contribution in [2.24, 2.45) is 5.92 Å². The van der Waals surface area contributed by atoms with Crippen LogP contribution in [0.4, 0.5) is 11.4 Å². The lowest BCUT2D eigenvalue weighted by molar-refractivity contribution is 0.0926. The molecule has 7 heteroatoms. The van der Waals surface area contributed by atoms with Crippen LogP contribution >= 0.6 is 11.6 Å². The number of benzene rings is 2. The third kappa shape index (κ3) is 5.65. The number of piperidine rings is 1. The lowest BCUT2D eigenvalue weighted by Gasteiger charge is -2.36. The van der Waals surface area contributed by atoms with Gasteiger partial charge in [0.2, 0.25) is 0 Å². The molecule has 180 valence electrons. The highest BCUT2D eigenvalue weighted by molar-refractivity contribution is 6.32. The normalized spacial score (nSPS) is 21.1. The summed E-state index contributed by atoms with van der Waals surface area (Å²) in [4.78, 5) is 17.4. The SMILES string of the molecule is CN(c1ccc(C#N)c(Cl)c1)[C@H]1CC[C@H](NC(=O)c2ccc(N3CCC(CO)CC3)cc2)CC1. The van der Waals surface area contributed by atoms with E-state index in [0.29, 0.717) is 28.1 Å². The Morgan fingerprint density at radius 1 is 1.12 bits per heavy atom. The van der Waals surface area contributed by atoms with E-state index in [1.165, 1.54) is 0 Å². The average molecular weight is 481 g/mol. The van der Waals surface area contributed by atoms with E-state index in [0.717, 1.165) is 63.0 Å². The number of carbonyl (C=O) groups excluding carboxylic acids is 1. The molecule has 0 atom stereocenters. The number of nitrogens with one attached hydrogen (secondary N) is 1. The Hall–Kier alpha value is -2.75.